The number of nitrogens with zero attached hydrogens (tertiary/aromatic N) is 5. The molecule has 3 aromatic rings. The summed E-state index contributed by atoms with van der Waals surface area (Å²) in [6.07, 6.45) is 7.69. The Labute approximate surface area is 163 Å². The zero-order chi connectivity index (χ0) is 18.4. The van der Waals surface area contributed by atoms with Gasteiger partial charge in [0, 0.05) is 23.4 Å². The van der Waals surface area contributed by atoms with Crippen molar-refractivity contribution in [3.05, 3.63) is 58.8 Å². The fraction of sp³-hybridized carbons (Fsp3) is 0.450. The van der Waals surface area contributed by atoms with E-state index in [0.717, 1.165) is 67.0 Å². The van der Waals surface area contributed by atoms with Crippen molar-refractivity contribution >= 4 is 11.6 Å². The summed E-state index contributed by atoms with van der Waals surface area (Å²) in [6.45, 7) is 1.64. The van der Waals surface area contributed by atoms with Crippen LogP contribution in [0, 0.1) is 0 Å². The molecular formula is C20H22ClN5O. The number of hydrogen-bond donors (Lipinski definition) is 0. The van der Waals surface area contributed by atoms with Gasteiger partial charge in [-0.3, -0.25) is 9.47 Å². The van der Waals surface area contributed by atoms with E-state index in [4.69, 9.17) is 16.0 Å². The minimum Gasteiger partial charge on any atom is -0.449 e. The van der Waals surface area contributed by atoms with E-state index in [-0.39, 0.29) is 0 Å². The number of benzene rings is 1. The van der Waals surface area contributed by atoms with Crippen LogP contribution in [0.2, 0.25) is 5.02 Å². The summed E-state index contributed by atoms with van der Waals surface area (Å²) in [5.41, 5.74) is 2.38. The van der Waals surface area contributed by atoms with Gasteiger partial charge in [-0.15, -0.1) is 10.2 Å². The summed E-state index contributed by atoms with van der Waals surface area (Å²) in [6, 6.07) is 6.12. The molecule has 140 valence electrons. The summed E-state index contributed by atoms with van der Waals surface area (Å²) >= 11 is 6.26. The summed E-state index contributed by atoms with van der Waals surface area (Å²) in [4.78, 5) is 6.59. The maximum Gasteiger partial charge on any atom is 0.197 e. The summed E-state index contributed by atoms with van der Waals surface area (Å²) in [5, 5.41) is 9.93. The van der Waals surface area contributed by atoms with Crippen LogP contribution in [0.5, 0.6) is 0 Å². The third-order valence-electron chi connectivity index (χ3n) is 5.78. The Morgan fingerprint density at radius 1 is 1.07 bits per heavy atom. The van der Waals surface area contributed by atoms with Gasteiger partial charge in [-0.2, -0.15) is 0 Å². The Morgan fingerprint density at radius 2 is 1.89 bits per heavy atom. The van der Waals surface area contributed by atoms with Crippen molar-refractivity contribution in [1.29, 1.82) is 0 Å². The van der Waals surface area contributed by atoms with Crippen LogP contribution in [-0.4, -0.2) is 31.7 Å². The standard InChI is InChI=1S/C20H22ClN5O/c1-25-11-15-10-16(21)6-7-17(15)26-18(12-25)23-24-19(26)13-2-4-14(5-3-13)20-22-8-9-27-20/h6-10,13-14H,2-5,11-12H2,1H3. The van der Waals surface area contributed by atoms with Gasteiger partial charge in [-0.25, -0.2) is 4.98 Å². The lowest BCUT2D eigenvalue weighted by Gasteiger charge is -2.26. The van der Waals surface area contributed by atoms with E-state index in [2.05, 4.69) is 43.8 Å². The maximum absolute atomic E-state index is 6.26. The normalized spacial score (nSPS) is 22.9. The Bertz CT molecular complexity index is 943. The topological polar surface area (TPSA) is 60.0 Å². The van der Waals surface area contributed by atoms with Gasteiger partial charge in [0.25, 0.3) is 0 Å². The molecule has 0 N–H and O–H groups in total. The maximum atomic E-state index is 6.26. The SMILES string of the molecule is CN1Cc2cc(Cl)ccc2-n2c(nnc2C2CCC(c3ncco3)CC2)C1. The quantitative estimate of drug-likeness (QED) is 0.660. The lowest BCUT2D eigenvalue weighted by molar-refractivity contribution is 0.314. The molecule has 5 rings (SSSR count). The van der Waals surface area contributed by atoms with Crippen LogP contribution in [0.1, 0.15) is 60.6 Å². The summed E-state index contributed by atoms with van der Waals surface area (Å²) in [7, 11) is 2.11. The predicted octanol–water partition coefficient (Wildman–Crippen LogP) is 4.30. The average molecular weight is 384 g/mol. The molecular weight excluding hydrogens is 362 g/mol. The number of halogens is 1. The van der Waals surface area contributed by atoms with Crippen LogP contribution in [-0.2, 0) is 13.1 Å². The van der Waals surface area contributed by atoms with Crippen LogP contribution >= 0.6 is 11.6 Å². The second-order valence-corrected chi connectivity index (χ2v) is 8.11. The van der Waals surface area contributed by atoms with Gasteiger partial charge in [0.05, 0.1) is 18.4 Å². The van der Waals surface area contributed by atoms with E-state index >= 15 is 0 Å². The fourth-order valence-electron chi connectivity index (χ4n) is 4.48. The molecule has 7 heteroatoms. The third-order valence-corrected chi connectivity index (χ3v) is 6.02. The molecule has 1 aliphatic heterocycles. The highest BCUT2D eigenvalue weighted by molar-refractivity contribution is 6.30. The number of hydrogen-bond acceptors (Lipinski definition) is 5. The molecule has 1 saturated carbocycles. The first-order chi connectivity index (χ1) is 13.2. The van der Waals surface area contributed by atoms with E-state index in [1.54, 1.807) is 12.5 Å². The number of fused-ring (bicyclic) bond motifs is 3. The second-order valence-electron chi connectivity index (χ2n) is 7.67. The first-order valence-corrected chi connectivity index (χ1v) is 9.88. The number of oxazole rings is 1. The summed E-state index contributed by atoms with van der Waals surface area (Å²) in [5.74, 6) is 3.78. The lowest BCUT2D eigenvalue weighted by Crippen LogP contribution is -2.17. The monoisotopic (exact) mass is 383 g/mol. The summed E-state index contributed by atoms with van der Waals surface area (Å²) < 4.78 is 7.78. The lowest BCUT2D eigenvalue weighted by atomic mass is 9.81. The van der Waals surface area contributed by atoms with Crippen molar-refractivity contribution in [1.82, 2.24) is 24.6 Å². The van der Waals surface area contributed by atoms with Crippen molar-refractivity contribution in [2.75, 3.05) is 7.05 Å². The molecule has 0 bridgehead atoms. The Balaban J connectivity index is 1.47. The molecule has 1 aliphatic carbocycles. The van der Waals surface area contributed by atoms with Gasteiger partial charge >= 0.3 is 0 Å². The van der Waals surface area contributed by atoms with Crippen molar-refractivity contribution in [2.24, 2.45) is 0 Å². The van der Waals surface area contributed by atoms with E-state index in [9.17, 15) is 0 Å². The molecule has 2 aliphatic rings. The molecule has 1 aromatic carbocycles. The zero-order valence-corrected chi connectivity index (χ0v) is 16.1. The van der Waals surface area contributed by atoms with E-state index in [0.29, 0.717) is 11.8 Å². The van der Waals surface area contributed by atoms with Crippen LogP contribution in [0.15, 0.2) is 35.1 Å². The Morgan fingerprint density at radius 3 is 2.67 bits per heavy atom. The van der Waals surface area contributed by atoms with Gasteiger partial charge in [0.2, 0.25) is 0 Å². The minimum atomic E-state index is 0.407. The van der Waals surface area contributed by atoms with Crippen molar-refractivity contribution < 1.29 is 4.42 Å². The van der Waals surface area contributed by atoms with Crippen LogP contribution in [0.3, 0.4) is 0 Å². The molecule has 6 nitrogen and oxygen atoms in total. The van der Waals surface area contributed by atoms with E-state index in [1.165, 1.54) is 5.56 Å². The van der Waals surface area contributed by atoms with Gasteiger partial charge in [-0.05, 0) is 56.5 Å². The molecule has 0 amide bonds. The van der Waals surface area contributed by atoms with Crippen molar-refractivity contribution in [3.8, 4) is 5.69 Å². The Hall–Kier alpha value is -2.18. The number of aromatic nitrogens is 4. The largest absolute Gasteiger partial charge is 0.449 e. The minimum absolute atomic E-state index is 0.407. The fourth-order valence-corrected chi connectivity index (χ4v) is 4.68. The molecule has 3 heterocycles. The molecule has 0 radical (unpaired) electrons. The smallest absolute Gasteiger partial charge is 0.197 e. The van der Waals surface area contributed by atoms with Gasteiger partial charge in [0.15, 0.2) is 11.7 Å². The zero-order valence-electron chi connectivity index (χ0n) is 15.3. The third kappa shape index (κ3) is 3.07. The molecule has 0 atom stereocenters. The van der Waals surface area contributed by atoms with Crippen LogP contribution < -0.4 is 0 Å². The Kier molecular flexibility index (Phi) is 4.25. The predicted molar refractivity (Wildman–Crippen MR) is 102 cm³/mol. The highest BCUT2D eigenvalue weighted by Crippen LogP contribution is 2.41. The van der Waals surface area contributed by atoms with E-state index < -0.39 is 0 Å². The van der Waals surface area contributed by atoms with Gasteiger partial charge in [-0.1, -0.05) is 11.6 Å². The number of rotatable bonds is 2. The van der Waals surface area contributed by atoms with Crippen molar-refractivity contribution in [3.63, 3.8) is 0 Å². The van der Waals surface area contributed by atoms with Crippen molar-refractivity contribution in [2.45, 2.75) is 50.6 Å². The first-order valence-electron chi connectivity index (χ1n) is 9.50. The molecule has 1 fully saturated rings. The van der Waals surface area contributed by atoms with Crippen LogP contribution in [0.25, 0.3) is 5.69 Å². The molecule has 0 unspecified atom stereocenters. The van der Waals surface area contributed by atoms with Crippen LogP contribution in [0.4, 0.5) is 0 Å². The highest BCUT2D eigenvalue weighted by Gasteiger charge is 2.31. The highest BCUT2D eigenvalue weighted by atomic mass is 35.5. The first kappa shape index (κ1) is 17.0. The van der Waals surface area contributed by atoms with Gasteiger partial charge in [0.1, 0.15) is 12.1 Å². The molecule has 27 heavy (non-hydrogen) atoms. The molecule has 2 aromatic heterocycles. The molecule has 0 spiro atoms. The second kappa shape index (κ2) is 6.77. The average Bonchev–Trinajstić information content (AvgIpc) is 3.30. The van der Waals surface area contributed by atoms with E-state index in [1.807, 2.05) is 6.07 Å². The van der Waals surface area contributed by atoms with Gasteiger partial charge < -0.3 is 4.42 Å². The molecule has 0 saturated heterocycles.